The van der Waals surface area contributed by atoms with Gasteiger partial charge in [0.2, 0.25) is 5.91 Å². The highest BCUT2D eigenvalue weighted by Gasteiger charge is 2.57. The second kappa shape index (κ2) is 6.99. The summed E-state index contributed by atoms with van der Waals surface area (Å²) in [6, 6.07) is 6.25. The van der Waals surface area contributed by atoms with Gasteiger partial charge >= 0.3 is 0 Å². The Morgan fingerprint density at radius 2 is 2.07 bits per heavy atom. The van der Waals surface area contributed by atoms with Gasteiger partial charge in [-0.1, -0.05) is 18.6 Å². The van der Waals surface area contributed by atoms with E-state index in [0.29, 0.717) is 0 Å². The Hall–Kier alpha value is -2.21. The van der Waals surface area contributed by atoms with Crippen molar-refractivity contribution in [3.8, 4) is 11.4 Å². The van der Waals surface area contributed by atoms with Gasteiger partial charge in [0.1, 0.15) is 5.82 Å². The van der Waals surface area contributed by atoms with Crippen LogP contribution in [0.5, 0.6) is 0 Å². The fourth-order valence-corrected chi connectivity index (χ4v) is 5.01. The van der Waals surface area contributed by atoms with Gasteiger partial charge < -0.3 is 15.2 Å². The van der Waals surface area contributed by atoms with Gasteiger partial charge in [-0.25, -0.2) is 0 Å². The lowest BCUT2D eigenvalue weighted by Crippen LogP contribution is -2.31. The quantitative estimate of drug-likeness (QED) is 0.858. The highest BCUT2D eigenvalue weighted by Crippen LogP contribution is 2.58. The van der Waals surface area contributed by atoms with Gasteiger partial charge in [-0.05, 0) is 69.2 Å². The molecule has 28 heavy (non-hydrogen) atoms. The molecule has 6 heteroatoms. The minimum absolute atomic E-state index is 0.169. The zero-order valence-corrected chi connectivity index (χ0v) is 16.6. The molecule has 0 radical (unpaired) electrons. The van der Waals surface area contributed by atoms with Gasteiger partial charge in [-0.15, -0.1) is 10.2 Å². The highest BCUT2D eigenvalue weighted by atomic mass is 16.2. The number of nitrogens with one attached hydrogen (secondary N) is 2. The predicted molar refractivity (Wildman–Crippen MR) is 109 cm³/mol. The summed E-state index contributed by atoms with van der Waals surface area (Å²) < 4.78 is 2.26. The molecule has 2 N–H and O–H groups in total. The van der Waals surface area contributed by atoms with Crippen LogP contribution >= 0.6 is 0 Å². The number of nitrogens with zero attached hydrogens (tertiary/aromatic N) is 3. The summed E-state index contributed by atoms with van der Waals surface area (Å²) in [5.74, 6) is 2.36. The summed E-state index contributed by atoms with van der Waals surface area (Å²) >= 11 is 0. The molecule has 3 heterocycles. The molecule has 3 aliphatic rings. The maximum atomic E-state index is 12.9. The highest BCUT2D eigenvalue weighted by molar-refractivity contribution is 5.96. The van der Waals surface area contributed by atoms with Crippen LogP contribution in [0, 0.1) is 18.3 Å². The van der Waals surface area contributed by atoms with E-state index in [2.05, 4.69) is 50.5 Å². The standard InChI is InChI=1S/C22H29N5O/c1-15-6-7-16(20-26-25-19-5-3-2-4-12-27(19)20)13-18(15)24-21(28)17-14-22(17)8-10-23-11-9-22/h6-7,13,17,23H,2-5,8-12,14H2,1H3,(H,24,28). The first-order valence-electron chi connectivity index (χ1n) is 10.7. The third-order valence-corrected chi connectivity index (χ3v) is 6.97. The maximum Gasteiger partial charge on any atom is 0.228 e. The molecular weight excluding hydrogens is 350 g/mol. The lowest BCUT2D eigenvalue weighted by molar-refractivity contribution is -0.118. The molecule has 1 saturated heterocycles. The second-order valence-electron chi connectivity index (χ2n) is 8.79. The first-order valence-corrected chi connectivity index (χ1v) is 10.7. The summed E-state index contributed by atoms with van der Waals surface area (Å²) in [5.41, 5.74) is 3.29. The van der Waals surface area contributed by atoms with Crippen LogP contribution in [-0.4, -0.2) is 33.8 Å². The topological polar surface area (TPSA) is 71.8 Å². The summed E-state index contributed by atoms with van der Waals surface area (Å²) in [5, 5.41) is 15.5. The number of amides is 1. The predicted octanol–water partition coefficient (Wildman–Crippen LogP) is 3.31. The zero-order valence-electron chi connectivity index (χ0n) is 16.6. The number of aromatic nitrogens is 3. The largest absolute Gasteiger partial charge is 0.326 e. The van der Waals surface area contributed by atoms with Gasteiger partial charge in [0, 0.05) is 30.1 Å². The Labute approximate surface area is 166 Å². The number of aryl methyl sites for hydroxylation is 2. The van der Waals surface area contributed by atoms with Crippen LogP contribution in [0.2, 0.25) is 0 Å². The minimum Gasteiger partial charge on any atom is -0.326 e. The smallest absolute Gasteiger partial charge is 0.228 e. The lowest BCUT2D eigenvalue weighted by Gasteiger charge is -2.23. The molecule has 1 aromatic heterocycles. The summed E-state index contributed by atoms with van der Waals surface area (Å²) in [6.07, 6.45) is 7.89. The Kier molecular flexibility index (Phi) is 4.46. The van der Waals surface area contributed by atoms with Crippen molar-refractivity contribution < 1.29 is 4.79 Å². The molecule has 1 unspecified atom stereocenters. The molecule has 5 rings (SSSR count). The number of rotatable bonds is 3. The number of hydrogen-bond acceptors (Lipinski definition) is 4. The molecule has 1 atom stereocenters. The molecule has 1 aliphatic carbocycles. The fourth-order valence-electron chi connectivity index (χ4n) is 5.01. The number of fused-ring (bicyclic) bond motifs is 1. The van der Waals surface area contributed by atoms with E-state index >= 15 is 0 Å². The van der Waals surface area contributed by atoms with E-state index in [1.165, 1.54) is 19.3 Å². The molecule has 6 nitrogen and oxygen atoms in total. The van der Waals surface area contributed by atoms with Crippen molar-refractivity contribution in [3.63, 3.8) is 0 Å². The third kappa shape index (κ3) is 3.13. The number of hydrogen-bond donors (Lipinski definition) is 2. The fraction of sp³-hybridized carbons (Fsp3) is 0.591. The molecule has 0 bridgehead atoms. The van der Waals surface area contributed by atoms with Crippen LogP contribution in [0.3, 0.4) is 0 Å². The monoisotopic (exact) mass is 379 g/mol. The van der Waals surface area contributed by atoms with Crippen molar-refractivity contribution in [2.75, 3.05) is 18.4 Å². The maximum absolute atomic E-state index is 12.9. The van der Waals surface area contributed by atoms with Crippen molar-refractivity contribution in [2.45, 2.75) is 58.4 Å². The van der Waals surface area contributed by atoms with E-state index in [0.717, 1.165) is 73.8 Å². The number of piperidine rings is 1. The van der Waals surface area contributed by atoms with Crippen molar-refractivity contribution in [1.29, 1.82) is 0 Å². The first kappa shape index (κ1) is 17.9. The second-order valence-corrected chi connectivity index (χ2v) is 8.79. The van der Waals surface area contributed by atoms with Crippen molar-refractivity contribution >= 4 is 11.6 Å². The molecule has 148 valence electrons. The Morgan fingerprint density at radius 3 is 2.93 bits per heavy atom. The molecule has 2 fully saturated rings. The Bertz CT molecular complexity index is 896. The summed E-state index contributed by atoms with van der Waals surface area (Å²) in [7, 11) is 0. The van der Waals surface area contributed by atoms with E-state index in [4.69, 9.17) is 0 Å². The molecule has 1 aromatic carbocycles. The SMILES string of the molecule is Cc1ccc(-c2nnc3n2CCCCC3)cc1NC(=O)C1CC12CCNCC2. The number of carbonyl (C=O) groups is 1. The molecular formula is C22H29N5O. The molecule has 2 aliphatic heterocycles. The van der Waals surface area contributed by atoms with Crippen molar-refractivity contribution in [3.05, 3.63) is 29.6 Å². The summed E-state index contributed by atoms with van der Waals surface area (Å²) in [4.78, 5) is 12.9. The Balaban J connectivity index is 1.37. The normalized spacial score (nSPS) is 23.1. The average Bonchev–Trinajstić information content (AvgIpc) is 3.33. The van der Waals surface area contributed by atoms with Crippen LogP contribution < -0.4 is 10.6 Å². The summed E-state index contributed by atoms with van der Waals surface area (Å²) in [6.45, 7) is 5.11. The van der Waals surface area contributed by atoms with Gasteiger partial charge in [-0.3, -0.25) is 4.79 Å². The van der Waals surface area contributed by atoms with Crippen LogP contribution in [0.4, 0.5) is 5.69 Å². The molecule has 1 spiro atoms. The van der Waals surface area contributed by atoms with Crippen molar-refractivity contribution in [1.82, 2.24) is 20.1 Å². The lowest BCUT2D eigenvalue weighted by atomic mass is 9.91. The number of carbonyl (C=O) groups excluding carboxylic acids is 1. The van der Waals surface area contributed by atoms with E-state index in [9.17, 15) is 4.79 Å². The van der Waals surface area contributed by atoms with E-state index in [1.807, 2.05) is 0 Å². The van der Waals surface area contributed by atoms with E-state index in [-0.39, 0.29) is 17.2 Å². The van der Waals surface area contributed by atoms with Crippen LogP contribution in [-0.2, 0) is 17.8 Å². The van der Waals surface area contributed by atoms with Crippen LogP contribution in [0.1, 0.15) is 49.9 Å². The van der Waals surface area contributed by atoms with Crippen molar-refractivity contribution in [2.24, 2.45) is 11.3 Å². The average molecular weight is 380 g/mol. The molecule has 2 aromatic rings. The molecule has 1 amide bonds. The minimum atomic E-state index is 0.169. The van der Waals surface area contributed by atoms with Crippen LogP contribution in [0.25, 0.3) is 11.4 Å². The van der Waals surface area contributed by atoms with Gasteiger partial charge in [-0.2, -0.15) is 0 Å². The third-order valence-electron chi connectivity index (χ3n) is 6.97. The first-order chi connectivity index (χ1) is 13.7. The van der Waals surface area contributed by atoms with E-state index in [1.54, 1.807) is 0 Å². The Morgan fingerprint density at radius 1 is 1.21 bits per heavy atom. The number of benzene rings is 1. The number of anilines is 1. The van der Waals surface area contributed by atoms with Gasteiger partial charge in [0.05, 0.1) is 0 Å². The van der Waals surface area contributed by atoms with Crippen LogP contribution in [0.15, 0.2) is 18.2 Å². The zero-order chi connectivity index (χ0) is 19.1. The molecule has 1 saturated carbocycles. The van der Waals surface area contributed by atoms with Gasteiger partial charge in [0.15, 0.2) is 5.82 Å². The van der Waals surface area contributed by atoms with Gasteiger partial charge in [0.25, 0.3) is 0 Å². The van der Waals surface area contributed by atoms with E-state index < -0.39 is 0 Å².